The Hall–Kier alpha value is -7.12. The summed E-state index contributed by atoms with van der Waals surface area (Å²) in [6, 6.07) is 33.4. The molecule has 3 N–H and O–H groups in total. The number of para-hydroxylation sites is 2. The van der Waals surface area contributed by atoms with E-state index in [4.69, 9.17) is 4.99 Å². The lowest BCUT2D eigenvalue weighted by Gasteiger charge is -2.47. The number of nitrogens with one attached hydrogen (secondary N) is 3. The van der Waals surface area contributed by atoms with Crippen LogP contribution in [-0.2, 0) is 41.0 Å². The topological polar surface area (TPSA) is 275 Å². The van der Waals surface area contributed by atoms with Crippen molar-refractivity contribution >= 4 is 121 Å². The fraction of sp³-hybridized carbons (Fsp3) is 0.204. The molecule has 76 heavy (non-hydrogen) atoms. The quantitative estimate of drug-likeness (QED) is 0.0712. The highest BCUT2D eigenvalue weighted by molar-refractivity contribution is 8.03. The largest absolute Gasteiger partial charge is 0.872 e. The van der Waals surface area contributed by atoms with Crippen LogP contribution in [0.25, 0.3) is 49.0 Å². The number of aromatic nitrogens is 1. The first-order chi connectivity index (χ1) is 36.2. The molecule has 0 spiro atoms. The predicted octanol–water partition coefficient (Wildman–Crippen LogP) is 4.10. The highest BCUT2D eigenvalue weighted by Gasteiger charge is 2.39. The molecule has 1 unspecified atom stereocenters. The fourth-order valence-corrected chi connectivity index (χ4v) is 13.1. The van der Waals surface area contributed by atoms with E-state index in [2.05, 4.69) is 38.2 Å². The molecule has 390 valence electrons. The van der Waals surface area contributed by atoms with Crippen LogP contribution in [0.2, 0.25) is 0 Å². The van der Waals surface area contributed by atoms with Gasteiger partial charge in [-0.25, -0.2) is 16.8 Å². The van der Waals surface area contributed by atoms with Gasteiger partial charge in [-0.3, -0.25) is 18.2 Å². The van der Waals surface area contributed by atoms with Gasteiger partial charge < -0.3 is 45.3 Å². The van der Waals surface area contributed by atoms with E-state index >= 15 is 0 Å². The molecule has 6 aromatic carbocycles. The molecule has 7 aromatic rings. The van der Waals surface area contributed by atoms with E-state index in [1.807, 2.05) is 96.4 Å². The molecule has 1 aromatic heterocycles. The summed E-state index contributed by atoms with van der Waals surface area (Å²) in [5, 5.41) is 55.5. The number of thiazole rings is 1. The zero-order valence-corrected chi connectivity index (χ0v) is 44.1. The van der Waals surface area contributed by atoms with Crippen LogP contribution in [0.15, 0.2) is 153 Å². The molecule has 5 aliphatic rings. The number of hydrogen-bond donors (Lipinski definition) is 3. The molecule has 3 aliphatic heterocycles. The third kappa shape index (κ3) is 8.87. The first-order valence-electron chi connectivity index (χ1n) is 23.8. The van der Waals surface area contributed by atoms with Crippen LogP contribution in [0.5, 0.6) is 0 Å². The Morgan fingerprint density at radius 1 is 0.750 bits per heavy atom. The summed E-state index contributed by atoms with van der Waals surface area (Å²) < 4.78 is 79.5. The molecular weight excluding hydrogens is 1050 g/mol. The standard InChI is InChI=1S/C32H31N4O10S2.C22H16N2O2S2/c1-3-31(4-2)33-21-9-5-7-17-19(11-13-23(34-31)25(17)21)27-29(37)28(30(27)38)20-12-14-24-26-18(20)8-6-10-22(26)35-32(36-24,15-45-47(39,40)41)16-46-48(42,43)44;1-23-15-7-3-5-9-17(15)27-19(23)11-13-21(25)14(22(13)26)12-20-24(2)16-8-4-6-10-18(16)28-20/h5-14,29,33,35-36,38H,3-4,15-16H2,1-2H3,(H,39,40,41)(H,42,43,44);3-12H,1-2H3/q-1;/p-3. The number of benzene rings is 6. The number of anilines is 4. The molecule has 0 saturated carbocycles. The zero-order chi connectivity index (χ0) is 53.6. The Morgan fingerprint density at radius 2 is 1.39 bits per heavy atom. The van der Waals surface area contributed by atoms with Crippen LogP contribution in [0.1, 0.15) is 37.3 Å². The summed E-state index contributed by atoms with van der Waals surface area (Å²) in [6.07, 6.45) is 3.53. The minimum atomic E-state index is -5.22. The predicted molar refractivity (Wildman–Crippen MR) is 283 cm³/mol. The Kier molecular flexibility index (Phi) is 12.7. The maximum Gasteiger partial charge on any atom is 0.263 e. The van der Waals surface area contributed by atoms with Crippen LogP contribution in [0.4, 0.5) is 22.7 Å². The maximum absolute atomic E-state index is 13.9. The summed E-state index contributed by atoms with van der Waals surface area (Å²) in [7, 11) is -6.54. The molecule has 18 nitrogen and oxygen atoms in total. The third-order valence-corrected chi connectivity index (χ3v) is 17.4. The lowest BCUT2D eigenvalue weighted by molar-refractivity contribution is -0.642. The molecule has 0 amide bonds. The monoisotopic (exact) mass is 1100 g/mol. The number of thioether (sulfide) groups is 1. The van der Waals surface area contributed by atoms with Crippen molar-refractivity contribution in [2.24, 2.45) is 12.0 Å². The molecule has 0 fully saturated rings. The number of hydrogen-bond acceptors (Lipinski definition) is 19. The lowest BCUT2D eigenvalue weighted by Crippen LogP contribution is -2.56. The number of Topliss-reactive ketones (excluding diaryl/α,β-unsaturated/α-hetero) is 1. The number of carbonyl (C=O) groups excluding carboxylic acids is 1. The summed E-state index contributed by atoms with van der Waals surface area (Å²) >= 11 is 3.15. The number of carbonyl (C=O) groups is 1. The van der Waals surface area contributed by atoms with Crippen LogP contribution >= 0.6 is 23.1 Å². The van der Waals surface area contributed by atoms with Crippen molar-refractivity contribution in [3.8, 4) is 0 Å². The van der Waals surface area contributed by atoms with Gasteiger partial charge in [-0.2, -0.15) is 4.57 Å². The number of aryl methyl sites for hydroxylation is 1. The zero-order valence-electron chi connectivity index (χ0n) is 40.8. The maximum atomic E-state index is 13.9. The van der Waals surface area contributed by atoms with Crippen molar-refractivity contribution in [3.63, 3.8) is 0 Å². The summed E-state index contributed by atoms with van der Waals surface area (Å²) in [5.41, 5.74) is 2.45. The first-order valence-corrected chi connectivity index (χ1v) is 28.1. The molecule has 2 aliphatic carbocycles. The average Bonchev–Trinajstić information content (AvgIpc) is 3.93. The van der Waals surface area contributed by atoms with Crippen LogP contribution < -0.4 is 51.3 Å². The van der Waals surface area contributed by atoms with Crippen LogP contribution in [-0.4, -0.2) is 69.4 Å². The number of fused-ring (bicyclic) bond motifs is 2. The smallest absolute Gasteiger partial charge is 0.263 e. The first kappa shape index (κ1) is 51.0. The Morgan fingerprint density at radius 3 is 2.04 bits per heavy atom. The van der Waals surface area contributed by atoms with Crippen molar-refractivity contribution < 1.29 is 59.0 Å². The Labute approximate surface area is 444 Å². The second-order valence-corrected chi connectivity index (χ2v) is 22.9. The van der Waals surface area contributed by atoms with E-state index in [1.165, 1.54) is 6.07 Å². The van der Waals surface area contributed by atoms with E-state index in [9.17, 15) is 46.1 Å². The van der Waals surface area contributed by atoms with Crippen molar-refractivity contribution in [2.45, 2.75) is 49.0 Å². The van der Waals surface area contributed by atoms with Gasteiger partial charge >= 0.3 is 0 Å². The van der Waals surface area contributed by atoms with Gasteiger partial charge in [0.2, 0.25) is 26.3 Å². The van der Waals surface area contributed by atoms with E-state index in [0.29, 0.717) is 32.9 Å². The van der Waals surface area contributed by atoms with Crippen molar-refractivity contribution in [2.75, 3.05) is 41.1 Å². The van der Waals surface area contributed by atoms with Crippen molar-refractivity contribution in [1.82, 2.24) is 0 Å². The second kappa shape index (κ2) is 18.9. The van der Waals surface area contributed by atoms with Crippen LogP contribution in [0, 0.1) is 0 Å². The highest BCUT2D eigenvalue weighted by Crippen LogP contribution is 2.48. The van der Waals surface area contributed by atoms with Gasteiger partial charge in [0.1, 0.15) is 30.6 Å². The number of nitrogens with zero attached hydrogens (tertiary/aromatic N) is 3. The van der Waals surface area contributed by atoms with Gasteiger partial charge in [-0.05, 0) is 82.9 Å². The fourth-order valence-electron chi connectivity index (χ4n) is 10.3. The van der Waals surface area contributed by atoms with Crippen molar-refractivity contribution in [3.05, 3.63) is 164 Å². The van der Waals surface area contributed by atoms with Gasteiger partial charge in [0.25, 0.3) is 5.01 Å². The second-order valence-electron chi connectivity index (χ2n) is 18.6. The number of ketones is 1. The molecule has 1 atom stereocenters. The molecule has 0 saturated heterocycles. The highest BCUT2D eigenvalue weighted by atomic mass is 32.3. The Balaban J connectivity index is 0.000000186. The molecule has 12 rings (SSSR count). The molecule has 0 radical (unpaired) electrons. The lowest BCUT2D eigenvalue weighted by atomic mass is 9.78. The number of rotatable bonds is 11. The van der Waals surface area contributed by atoms with E-state index < -0.39 is 57.2 Å². The molecule has 22 heteroatoms. The third-order valence-electron chi connectivity index (χ3n) is 14.2. The van der Waals surface area contributed by atoms with Gasteiger partial charge in [-0.1, -0.05) is 121 Å². The van der Waals surface area contributed by atoms with Gasteiger partial charge in [0.15, 0.2) is 11.4 Å². The van der Waals surface area contributed by atoms with Crippen molar-refractivity contribution in [1.29, 1.82) is 0 Å². The molecule has 4 heterocycles. The SMILES string of the molecule is CCC1(CC)N=c2ccc(=C3C([O-])=C(c4ccc5c6c(cccc46)NC(COS(=O)(=O)[O-])(COS(=O)(=O)[O-])N5)C3[O-])c3cccc(c23)N1.CN1C(=CC2=C([O-])C(=Cc3sc4ccccc4[n+]3C)C2=O)Sc2ccccc21. The normalized spacial score (nSPS) is 19.9. The van der Waals surface area contributed by atoms with E-state index in [0.717, 1.165) is 65.5 Å². The van der Waals surface area contributed by atoms with E-state index in [-0.39, 0.29) is 33.8 Å². The number of allylic oxidation sites excluding steroid dienone is 3. The van der Waals surface area contributed by atoms with Crippen LogP contribution in [0.3, 0.4) is 0 Å². The summed E-state index contributed by atoms with van der Waals surface area (Å²) in [5.74, 6) is -0.761. The minimum absolute atomic E-state index is 0.0615. The molecular formula is C54H44N6O12S4-4. The average molecular weight is 1100 g/mol. The Bertz CT molecular complexity index is 4120. The summed E-state index contributed by atoms with van der Waals surface area (Å²) in [4.78, 5) is 20.8. The van der Waals surface area contributed by atoms with E-state index in [1.54, 1.807) is 65.6 Å². The summed E-state index contributed by atoms with van der Waals surface area (Å²) in [6.45, 7) is 2.24. The molecule has 0 bridgehead atoms. The van der Waals surface area contributed by atoms with Gasteiger partial charge in [0, 0.05) is 63.1 Å². The minimum Gasteiger partial charge on any atom is -0.872 e. The van der Waals surface area contributed by atoms with Gasteiger partial charge in [0.05, 0.1) is 16.1 Å². The van der Waals surface area contributed by atoms with Gasteiger partial charge in [-0.15, -0.1) is 5.76 Å².